The minimum atomic E-state index is -4.01. The Morgan fingerprint density at radius 2 is 1.68 bits per heavy atom. The van der Waals surface area contributed by atoms with Gasteiger partial charge in [0.1, 0.15) is 5.01 Å². The van der Waals surface area contributed by atoms with E-state index in [1.54, 1.807) is 83.3 Å². The lowest BCUT2D eigenvalue weighted by Crippen LogP contribution is -2.40. The Balaban J connectivity index is 1.58. The maximum atomic E-state index is 13.6. The van der Waals surface area contributed by atoms with Crippen molar-refractivity contribution in [2.24, 2.45) is 0 Å². The zero-order valence-corrected chi connectivity index (χ0v) is 26.7. The Hall–Kier alpha value is -4.46. The molecule has 0 aliphatic carbocycles. The molecule has 0 fully saturated rings. The van der Waals surface area contributed by atoms with E-state index >= 15 is 0 Å². The lowest BCUT2D eigenvalue weighted by atomic mass is 10.1. The van der Waals surface area contributed by atoms with Crippen LogP contribution in [0.3, 0.4) is 0 Å². The molecule has 0 atom stereocenters. The van der Waals surface area contributed by atoms with Crippen molar-refractivity contribution in [1.82, 2.24) is 15.0 Å². The van der Waals surface area contributed by atoms with Gasteiger partial charge in [-0.05, 0) is 88.7 Å². The van der Waals surface area contributed by atoms with Gasteiger partial charge in [0, 0.05) is 46.5 Å². The molecule has 0 saturated heterocycles. The molecule has 11 nitrogen and oxygen atoms in total. The van der Waals surface area contributed by atoms with Gasteiger partial charge in [-0.1, -0.05) is 18.2 Å². The number of nitrogens with two attached hydrogens (primary N) is 1. The van der Waals surface area contributed by atoms with E-state index in [-0.39, 0.29) is 17.5 Å². The van der Waals surface area contributed by atoms with Crippen molar-refractivity contribution in [3.8, 4) is 21.0 Å². The van der Waals surface area contributed by atoms with Crippen molar-refractivity contribution >= 4 is 50.5 Å². The maximum Gasteiger partial charge on any atom is 0.411 e. The Bertz CT molecular complexity index is 1750. The summed E-state index contributed by atoms with van der Waals surface area (Å²) in [5.74, 6) is 0. The number of amides is 3. The van der Waals surface area contributed by atoms with E-state index in [1.165, 1.54) is 17.4 Å². The molecule has 1 heterocycles. The number of carbonyl (C=O) groups excluding carboxylic acids is 2. The minimum Gasteiger partial charge on any atom is -0.447 e. The van der Waals surface area contributed by atoms with Crippen LogP contribution >= 0.6 is 11.3 Å². The number of ether oxygens (including phenoxy) is 1. The third-order valence-corrected chi connectivity index (χ3v) is 8.74. The lowest BCUT2D eigenvalue weighted by Gasteiger charge is -2.22. The summed E-state index contributed by atoms with van der Waals surface area (Å²) in [6, 6.07) is 18.5. The SMILES string of the molecule is CC(C)OC(=O)Nc1ccc(-c2ncc(-c3ccc(NC(=O)NCc4cccc(N)c4)cc3S(=O)(=O)NC(C)(C)C)s2)cc1. The molecule has 0 saturated carbocycles. The number of nitrogens with one attached hydrogen (secondary N) is 4. The highest BCUT2D eigenvalue weighted by molar-refractivity contribution is 7.89. The number of nitrogens with zero attached hydrogens (tertiary/aromatic N) is 1. The second-order valence-electron chi connectivity index (χ2n) is 11.3. The van der Waals surface area contributed by atoms with Gasteiger partial charge in [0.15, 0.2) is 0 Å². The number of anilines is 3. The molecule has 6 N–H and O–H groups in total. The third kappa shape index (κ3) is 9.02. The Morgan fingerprint density at radius 3 is 2.34 bits per heavy atom. The fraction of sp³-hybridized carbons (Fsp3) is 0.258. The van der Waals surface area contributed by atoms with Crippen LogP contribution < -0.4 is 26.4 Å². The second kappa shape index (κ2) is 13.5. The Morgan fingerprint density at radius 1 is 0.977 bits per heavy atom. The number of aromatic nitrogens is 1. The molecule has 1 aromatic heterocycles. The van der Waals surface area contributed by atoms with E-state index in [9.17, 15) is 18.0 Å². The van der Waals surface area contributed by atoms with Gasteiger partial charge >= 0.3 is 12.1 Å². The molecule has 0 aliphatic rings. The van der Waals surface area contributed by atoms with Crippen LogP contribution in [0.4, 0.5) is 26.7 Å². The normalized spacial score (nSPS) is 11.7. The topological polar surface area (TPSA) is 165 Å². The molecule has 0 unspecified atom stereocenters. The van der Waals surface area contributed by atoms with Gasteiger partial charge in [0.05, 0.1) is 15.9 Å². The molecule has 3 amide bonds. The van der Waals surface area contributed by atoms with Gasteiger partial charge in [-0.2, -0.15) is 0 Å². The van der Waals surface area contributed by atoms with Crippen molar-refractivity contribution in [2.45, 2.75) is 57.7 Å². The van der Waals surface area contributed by atoms with Gasteiger partial charge < -0.3 is 21.1 Å². The summed E-state index contributed by atoms with van der Waals surface area (Å²) in [5.41, 5.74) is 8.57. The molecule has 44 heavy (non-hydrogen) atoms. The van der Waals surface area contributed by atoms with Crippen LogP contribution in [0, 0.1) is 0 Å². The quantitative estimate of drug-likeness (QED) is 0.132. The largest absolute Gasteiger partial charge is 0.447 e. The molecule has 0 aliphatic heterocycles. The van der Waals surface area contributed by atoms with Crippen LogP contribution in [0.25, 0.3) is 21.0 Å². The number of urea groups is 1. The van der Waals surface area contributed by atoms with Crippen molar-refractivity contribution in [1.29, 1.82) is 0 Å². The highest BCUT2D eigenvalue weighted by Crippen LogP contribution is 2.37. The van der Waals surface area contributed by atoms with Gasteiger partial charge in [-0.15, -0.1) is 11.3 Å². The van der Waals surface area contributed by atoms with Crippen LogP contribution in [0.2, 0.25) is 0 Å². The molecular formula is C31H36N6O5S2. The van der Waals surface area contributed by atoms with Gasteiger partial charge in [0.2, 0.25) is 10.0 Å². The van der Waals surface area contributed by atoms with E-state index in [2.05, 4.69) is 25.7 Å². The van der Waals surface area contributed by atoms with Crippen molar-refractivity contribution in [2.75, 3.05) is 16.4 Å². The second-order valence-corrected chi connectivity index (χ2v) is 14.0. The van der Waals surface area contributed by atoms with E-state index < -0.39 is 27.7 Å². The van der Waals surface area contributed by atoms with E-state index in [0.29, 0.717) is 32.5 Å². The fourth-order valence-corrected chi connectivity index (χ4v) is 6.83. The number of rotatable bonds is 9. The molecule has 13 heteroatoms. The first-order chi connectivity index (χ1) is 20.7. The third-order valence-electron chi connectivity index (χ3n) is 5.87. The molecule has 232 valence electrons. The molecule has 0 spiro atoms. The van der Waals surface area contributed by atoms with Crippen LogP contribution in [-0.2, 0) is 21.3 Å². The Labute approximate surface area is 261 Å². The number of nitrogen functional groups attached to an aromatic ring is 1. The van der Waals surface area contributed by atoms with Crippen LogP contribution in [0.15, 0.2) is 77.8 Å². The van der Waals surface area contributed by atoms with Crippen molar-refractivity contribution < 1.29 is 22.7 Å². The first-order valence-corrected chi connectivity index (χ1v) is 16.1. The van der Waals surface area contributed by atoms with E-state index in [1.807, 2.05) is 18.2 Å². The molecular weight excluding hydrogens is 601 g/mol. The number of sulfonamides is 1. The Kier molecular flexibility index (Phi) is 9.92. The van der Waals surface area contributed by atoms with Crippen molar-refractivity contribution in [3.63, 3.8) is 0 Å². The molecule has 4 rings (SSSR count). The smallest absolute Gasteiger partial charge is 0.411 e. The van der Waals surface area contributed by atoms with Gasteiger partial charge in [-0.25, -0.2) is 27.7 Å². The first kappa shape index (κ1) is 32.5. The molecule has 0 radical (unpaired) electrons. The fourth-order valence-electron chi connectivity index (χ4n) is 4.13. The predicted molar refractivity (Wildman–Crippen MR) is 175 cm³/mol. The van der Waals surface area contributed by atoms with Crippen LogP contribution in [0.1, 0.15) is 40.2 Å². The summed E-state index contributed by atoms with van der Waals surface area (Å²) in [7, 11) is -4.01. The minimum absolute atomic E-state index is 0.000490. The van der Waals surface area contributed by atoms with Gasteiger partial charge in [-0.3, -0.25) is 5.32 Å². The number of hydrogen-bond donors (Lipinski definition) is 5. The molecule has 4 aromatic rings. The van der Waals surface area contributed by atoms with E-state index in [0.717, 1.165) is 11.1 Å². The average Bonchev–Trinajstić information content (AvgIpc) is 3.41. The zero-order valence-electron chi connectivity index (χ0n) is 25.1. The maximum absolute atomic E-state index is 13.6. The number of carbonyl (C=O) groups is 2. The highest BCUT2D eigenvalue weighted by Gasteiger charge is 2.26. The summed E-state index contributed by atoms with van der Waals surface area (Å²) in [6.07, 6.45) is 0.833. The zero-order chi connectivity index (χ0) is 32.1. The average molecular weight is 637 g/mol. The molecule has 0 bridgehead atoms. The van der Waals surface area contributed by atoms with Crippen LogP contribution in [-0.4, -0.2) is 37.2 Å². The predicted octanol–water partition coefficient (Wildman–Crippen LogP) is 6.41. The standard InChI is InChI=1S/C31H36N6O5S2/c1-19(2)42-30(39)36-23-11-9-21(10-12-23)28-33-18-26(43-28)25-14-13-24(16-27(25)44(40,41)37-31(3,4)5)35-29(38)34-17-20-7-6-8-22(32)15-20/h6-16,18-19,37H,17,32H2,1-5H3,(H,36,39)(H2,34,35,38). The van der Waals surface area contributed by atoms with E-state index in [4.69, 9.17) is 10.5 Å². The monoisotopic (exact) mass is 636 g/mol. The van der Waals surface area contributed by atoms with Crippen LogP contribution in [0.5, 0.6) is 0 Å². The highest BCUT2D eigenvalue weighted by atomic mass is 32.2. The van der Waals surface area contributed by atoms with Gasteiger partial charge in [0.25, 0.3) is 0 Å². The summed E-state index contributed by atoms with van der Waals surface area (Å²) >= 11 is 1.32. The summed E-state index contributed by atoms with van der Waals surface area (Å²) in [6.45, 7) is 9.04. The summed E-state index contributed by atoms with van der Waals surface area (Å²) in [4.78, 5) is 29.7. The summed E-state index contributed by atoms with van der Waals surface area (Å²) in [5, 5.41) is 8.80. The lowest BCUT2D eigenvalue weighted by molar-refractivity contribution is 0.130. The molecule has 3 aromatic carbocycles. The first-order valence-electron chi connectivity index (χ1n) is 13.8. The number of benzene rings is 3. The summed E-state index contributed by atoms with van der Waals surface area (Å²) < 4.78 is 35.0. The number of hydrogen-bond acceptors (Lipinski definition) is 8. The number of thiazole rings is 1. The van der Waals surface area contributed by atoms with Crippen molar-refractivity contribution in [3.05, 3.63) is 78.5 Å².